The van der Waals surface area contributed by atoms with Gasteiger partial charge in [-0.2, -0.15) is 0 Å². The number of carbonyl (C=O) groups is 2. The first-order chi connectivity index (χ1) is 11.4. The van der Waals surface area contributed by atoms with Crippen LogP contribution in [-0.2, 0) is 11.2 Å². The minimum atomic E-state index is -0.516. The van der Waals surface area contributed by atoms with Gasteiger partial charge in [-0.3, -0.25) is 10.2 Å². The normalized spacial score (nSPS) is 11.5. The first-order valence-corrected chi connectivity index (χ1v) is 8.08. The first kappa shape index (κ1) is 17.9. The van der Waals surface area contributed by atoms with Gasteiger partial charge in [-0.25, -0.2) is 14.6 Å². The van der Waals surface area contributed by atoms with Gasteiger partial charge in [-0.05, 0) is 42.3 Å². The van der Waals surface area contributed by atoms with E-state index in [1.54, 1.807) is 0 Å². The van der Waals surface area contributed by atoms with Gasteiger partial charge in [-0.15, -0.1) is 0 Å². The highest BCUT2D eigenvalue weighted by Gasteiger charge is 2.10. The molecular formula is C17H17BrFN3O2. The standard InChI is InChI=1S/C17H17BrFN3O2/c1-11(13-4-6-14(18)7-5-13)20-17(24)22-21-16(23)10-12-2-8-15(19)9-3-12/h2-9,11H,10H2,1H3,(H,21,23)(H2,20,22,24). The molecule has 0 spiro atoms. The monoisotopic (exact) mass is 393 g/mol. The number of hydrazine groups is 1. The highest BCUT2D eigenvalue weighted by Crippen LogP contribution is 2.16. The fourth-order valence-corrected chi connectivity index (χ4v) is 2.29. The Kier molecular flexibility index (Phi) is 6.31. The van der Waals surface area contributed by atoms with Crippen LogP contribution in [0.15, 0.2) is 53.0 Å². The molecule has 7 heteroatoms. The third kappa shape index (κ3) is 5.66. The van der Waals surface area contributed by atoms with Gasteiger partial charge in [-0.1, -0.05) is 40.2 Å². The lowest BCUT2D eigenvalue weighted by atomic mass is 10.1. The lowest BCUT2D eigenvalue weighted by Crippen LogP contribution is -2.47. The summed E-state index contributed by atoms with van der Waals surface area (Å²) in [5, 5.41) is 2.71. The van der Waals surface area contributed by atoms with Crippen molar-refractivity contribution in [2.75, 3.05) is 0 Å². The molecule has 126 valence electrons. The molecule has 0 radical (unpaired) electrons. The Morgan fingerprint density at radius 2 is 1.67 bits per heavy atom. The van der Waals surface area contributed by atoms with Crippen LogP contribution in [0.2, 0.25) is 0 Å². The van der Waals surface area contributed by atoms with Gasteiger partial charge < -0.3 is 5.32 Å². The Morgan fingerprint density at radius 3 is 2.29 bits per heavy atom. The SMILES string of the molecule is CC(NC(=O)NNC(=O)Cc1ccc(F)cc1)c1ccc(Br)cc1. The molecular weight excluding hydrogens is 377 g/mol. The van der Waals surface area contributed by atoms with Gasteiger partial charge in [0.1, 0.15) is 5.82 Å². The van der Waals surface area contributed by atoms with Crippen LogP contribution < -0.4 is 16.2 Å². The van der Waals surface area contributed by atoms with Gasteiger partial charge in [0.05, 0.1) is 12.5 Å². The second kappa shape index (κ2) is 8.44. The molecule has 1 unspecified atom stereocenters. The molecule has 0 fully saturated rings. The van der Waals surface area contributed by atoms with Crippen molar-refractivity contribution < 1.29 is 14.0 Å². The molecule has 0 aliphatic carbocycles. The average Bonchev–Trinajstić information content (AvgIpc) is 2.55. The quantitative estimate of drug-likeness (QED) is 0.697. The van der Waals surface area contributed by atoms with Gasteiger partial charge in [0.25, 0.3) is 0 Å². The summed E-state index contributed by atoms with van der Waals surface area (Å²) in [6.45, 7) is 1.84. The summed E-state index contributed by atoms with van der Waals surface area (Å²) in [5.74, 6) is -0.758. The van der Waals surface area contributed by atoms with Crippen molar-refractivity contribution in [2.24, 2.45) is 0 Å². The predicted molar refractivity (Wildman–Crippen MR) is 92.5 cm³/mol. The molecule has 2 aromatic carbocycles. The van der Waals surface area contributed by atoms with Gasteiger partial charge in [0.15, 0.2) is 0 Å². The van der Waals surface area contributed by atoms with Crippen molar-refractivity contribution in [3.63, 3.8) is 0 Å². The molecule has 0 aliphatic rings. The Hall–Kier alpha value is -2.41. The third-order valence-electron chi connectivity index (χ3n) is 3.31. The summed E-state index contributed by atoms with van der Waals surface area (Å²) >= 11 is 3.35. The molecule has 0 aromatic heterocycles. The van der Waals surface area contributed by atoms with Crippen molar-refractivity contribution in [3.05, 3.63) is 69.9 Å². The average molecular weight is 394 g/mol. The van der Waals surface area contributed by atoms with Crippen LogP contribution in [0.5, 0.6) is 0 Å². The number of urea groups is 1. The molecule has 0 aliphatic heterocycles. The number of nitrogens with one attached hydrogen (secondary N) is 3. The number of amides is 3. The molecule has 3 amide bonds. The van der Waals surface area contributed by atoms with Crippen LogP contribution in [0.4, 0.5) is 9.18 Å². The molecule has 1 atom stereocenters. The summed E-state index contributed by atoms with van der Waals surface area (Å²) in [5.41, 5.74) is 6.19. The van der Waals surface area contributed by atoms with E-state index in [1.807, 2.05) is 31.2 Å². The molecule has 2 rings (SSSR count). The second-order valence-electron chi connectivity index (χ2n) is 5.22. The summed E-state index contributed by atoms with van der Waals surface area (Å²) in [7, 11) is 0. The lowest BCUT2D eigenvalue weighted by Gasteiger charge is -2.15. The molecule has 0 saturated carbocycles. The van der Waals surface area contributed by atoms with Crippen LogP contribution in [0.25, 0.3) is 0 Å². The molecule has 0 heterocycles. The number of hydrogen-bond donors (Lipinski definition) is 3. The molecule has 3 N–H and O–H groups in total. The maximum Gasteiger partial charge on any atom is 0.333 e. The Balaban J connectivity index is 1.76. The maximum absolute atomic E-state index is 12.8. The maximum atomic E-state index is 12.8. The van der Waals surface area contributed by atoms with E-state index < -0.39 is 11.9 Å². The van der Waals surface area contributed by atoms with E-state index in [0.717, 1.165) is 10.0 Å². The van der Waals surface area contributed by atoms with Crippen molar-refractivity contribution in [2.45, 2.75) is 19.4 Å². The summed E-state index contributed by atoms with van der Waals surface area (Å²) in [4.78, 5) is 23.5. The predicted octanol–water partition coefficient (Wildman–Crippen LogP) is 3.22. The largest absolute Gasteiger partial charge is 0.333 e. The summed E-state index contributed by atoms with van der Waals surface area (Å²) in [6, 6.07) is 12.4. The molecule has 2 aromatic rings. The van der Waals surface area contributed by atoms with E-state index in [1.165, 1.54) is 24.3 Å². The van der Waals surface area contributed by atoms with Crippen LogP contribution in [0.3, 0.4) is 0 Å². The first-order valence-electron chi connectivity index (χ1n) is 7.29. The molecule has 24 heavy (non-hydrogen) atoms. The highest BCUT2D eigenvalue weighted by molar-refractivity contribution is 9.10. The molecule has 0 bridgehead atoms. The third-order valence-corrected chi connectivity index (χ3v) is 3.84. The minimum absolute atomic E-state index is 0.0445. The Labute approximate surface area is 147 Å². The van der Waals surface area contributed by atoms with Gasteiger partial charge >= 0.3 is 6.03 Å². The van der Waals surface area contributed by atoms with E-state index >= 15 is 0 Å². The smallest absolute Gasteiger partial charge is 0.330 e. The summed E-state index contributed by atoms with van der Waals surface area (Å²) in [6.07, 6.45) is 0.0445. The van der Waals surface area contributed by atoms with Gasteiger partial charge in [0, 0.05) is 4.47 Å². The highest BCUT2D eigenvalue weighted by atomic mass is 79.9. The van der Waals surface area contributed by atoms with Crippen LogP contribution >= 0.6 is 15.9 Å². The van der Waals surface area contributed by atoms with E-state index in [4.69, 9.17) is 0 Å². The number of halogens is 2. The summed E-state index contributed by atoms with van der Waals surface area (Å²) < 4.78 is 13.7. The Morgan fingerprint density at radius 1 is 1.04 bits per heavy atom. The number of rotatable bonds is 4. The zero-order valence-corrected chi connectivity index (χ0v) is 14.6. The lowest BCUT2D eigenvalue weighted by molar-refractivity contribution is -0.121. The van der Waals surface area contributed by atoms with Gasteiger partial charge in [0.2, 0.25) is 5.91 Å². The molecule has 5 nitrogen and oxygen atoms in total. The zero-order chi connectivity index (χ0) is 17.5. The zero-order valence-electron chi connectivity index (χ0n) is 13.0. The minimum Gasteiger partial charge on any atom is -0.330 e. The number of benzene rings is 2. The molecule has 0 saturated heterocycles. The number of hydrogen-bond acceptors (Lipinski definition) is 2. The second-order valence-corrected chi connectivity index (χ2v) is 6.14. The van der Waals surface area contributed by atoms with Crippen molar-refractivity contribution >= 4 is 27.9 Å². The van der Waals surface area contributed by atoms with Crippen molar-refractivity contribution in [1.82, 2.24) is 16.2 Å². The van der Waals surface area contributed by atoms with E-state index in [9.17, 15) is 14.0 Å². The van der Waals surface area contributed by atoms with Crippen LogP contribution in [-0.4, -0.2) is 11.9 Å². The van der Waals surface area contributed by atoms with Crippen LogP contribution in [0, 0.1) is 5.82 Å². The Bertz CT molecular complexity index is 705. The van der Waals surface area contributed by atoms with Crippen molar-refractivity contribution in [1.29, 1.82) is 0 Å². The topological polar surface area (TPSA) is 70.2 Å². The van der Waals surface area contributed by atoms with E-state index in [-0.39, 0.29) is 18.3 Å². The number of carbonyl (C=O) groups excluding carboxylic acids is 2. The fourth-order valence-electron chi connectivity index (χ4n) is 2.03. The van der Waals surface area contributed by atoms with E-state index in [0.29, 0.717) is 5.56 Å². The van der Waals surface area contributed by atoms with E-state index in [2.05, 4.69) is 32.1 Å². The van der Waals surface area contributed by atoms with Crippen LogP contribution in [0.1, 0.15) is 24.1 Å². The fraction of sp³-hybridized carbons (Fsp3) is 0.176. The van der Waals surface area contributed by atoms with Crippen molar-refractivity contribution in [3.8, 4) is 0 Å².